The Bertz CT molecular complexity index is 463. The van der Waals surface area contributed by atoms with Gasteiger partial charge in [-0.05, 0) is 31.6 Å². The summed E-state index contributed by atoms with van der Waals surface area (Å²) in [6.45, 7) is 3.84. The lowest BCUT2D eigenvalue weighted by atomic mass is 9.78. The highest BCUT2D eigenvalue weighted by molar-refractivity contribution is 5.66. The Kier molecular flexibility index (Phi) is 6.91. The molecular formula is C20H32O5. The largest absolute Gasteiger partial charge is 0.481 e. The molecule has 5 nitrogen and oxygen atoms in total. The first kappa shape index (κ1) is 18.9. The molecular weight excluding hydrogens is 320 g/mol. The second-order valence-electron chi connectivity index (χ2n) is 7.59. The van der Waals surface area contributed by atoms with Crippen LogP contribution in [0.2, 0.25) is 0 Å². The summed E-state index contributed by atoms with van der Waals surface area (Å²) in [5.74, 6) is 0.187. The highest BCUT2D eigenvalue weighted by Crippen LogP contribution is 2.54. The van der Waals surface area contributed by atoms with Gasteiger partial charge in [-0.2, -0.15) is 0 Å². The van der Waals surface area contributed by atoms with Crippen LogP contribution in [0.4, 0.5) is 0 Å². The molecule has 3 rings (SSSR count). The summed E-state index contributed by atoms with van der Waals surface area (Å²) in [4.78, 5) is 10.5. The normalized spacial score (nSPS) is 35.4. The fraction of sp³-hybridized carbons (Fsp3) is 0.850. The number of epoxide rings is 1. The second kappa shape index (κ2) is 9.15. The minimum atomic E-state index is -0.719. The van der Waals surface area contributed by atoms with Gasteiger partial charge in [0.25, 0.3) is 0 Å². The molecule has 0 unspecified atom stereocenters. The number of aliphatic carboxylic acids is 1. The Morgan fingerprint density at radius 3 is 2.52 bits per heavy atom. The van der Waals surface area contributed by atoms with Crippen LogP contribution in [-0.4, -0.2) is 48.7 Å². The van der Waals surface area contributed by atoms with Gasteiger partial charge in [0.1, 0.15) is 12.2 Å². The summed E-state index contributed by atoms with van der Waals surface area (Å²) in [6.07, 6.45) is 13.1. The number of unbranched alkanes of at least 4 members (excludes halogenated alkanes) is 4. The molecule has 3 saturated heterocycles. The van der Waals surface area contributed by atoms with Gasteiger partial charge in [-0.15, -0.1) is 0 Å². The van der Waals surface area contributed by atoms with E-state index < -0.39 is 5.97 Å². The van der Waals surface area contributed by atoms with Crippen molar-refractivity contribution in [1.29, 1.82) is 0 Å². The van der Waals surface area contributed by atoms with Crippen molar-refractivity contribution in [1.82, 2.24) is 0 Å². The fourth-order valence-electron chi connectivity index (χ4n) is 4.30. The summed E-state index contributed by atoms with van der Waals surface area (Å²) < 4.78 is 17.9. The molecule has 3 heterocycles. The Balaban J connectivity index is 1.39. The molecule has 5 heteroatoms. The number of allylic oxidation sites excluding steroid dienone is 2. The maximum atomic E-state index is 10.5. The molecule has 6 atom stereocenters. The second-order valence-corrected chi connectivity index (χ2v) is 7.59. The molecule has 0 aliphatic carbocycles. The smallest absolute Gasteiger partial charge is 0.303 e. The van der Waals surface area contributed by atoms with Crippen molar-refractivity contribution in [2.45, 2.75) is 82.7 Å². The standard InChI is InChI=1S/C20H32O5/c1-2-3-4-9-12-23-13-15-14(10-7-5-6-8-11-16(21)22)17-19-20(25-19)18(15)24-17/h5,7,14-15,17-20H,2-4,6,8-13H2,1H3,(H,21,22)/b7-5-/t14-,15+,17+,18-,19-,20+/m0/s1. The van der Waals surface area contributed by atoms with Gasteiger partial charge in [0.05, 0.1) is 18.8 Å². The molecule has 0 aromatic carbocycles. The van der Waals surface area contributed by atoms with Crippen molar-refractivity contribution in [3.63, 3.8) is 0 Å². The number of carboxylic acids is 1. The van der Waals surface area contributed by atoms with Gasteiger partial charge in [0.15, 0.2) is 0 Å². The van der Waals surface area contributed by atoms with Crippen LogP contribution in [-0.2, 0) is 19.0 Å². The molecule has 0 radical (unpaired) electrons. The Morgan fingerprint density at radius 1 is 1.00 bits per heavy atom. The molecule has 142 valence electrons. The van der Waals surface area contributed by atoms with E-state index in [1.165, 1.54) is 19.3 Å². The zero-order valence-electron chi connectivity index (χ0n) is 15.3. The molecule has 3 aliphatic rings. The van der Waals surface area contributed by atoms with E-state index in [0.717, 1.165) is 32.5 Å². The maximum absolute atomic E-state index is 10.5. The molecule has 25 heavy (non-hydrogen) atoms. The number of hydrogen-bond donors (Lipinski definition) is 1. The Hall–Kier alpha value is -0.910. The zero-order valence-corrected chi connectivity index (χ0v) is 15.3. The van der Waals surface area contributed by atoms with Gasteiger partial charge in [0, 0.05) is 18.9 Å². The third-order valence-electron chi connectivity index (χ3n) is 5.71. The summed E-state index contributed by atoms with van der Waals surface area (Å²) in [5.41, 5.74) is 0. The van der Waals surface area contributed by atoms with Gasteiger partial charge in [-0.3, -0.25) is 4.79 Å². The number of fused-ring (bicyclic) bond motifs is 5. The van der Waals surface area contributed by atoms with Crippen molar-refractivity contribution in [2.24, 2.45) is 11.8 Å². The van der Waals surface area contributed by atoms with Crippen molar-refractivity contribution < 1.29 is 24.1 Å². The van der Waals surface area contributed by atoms with Crippen molar-refractivity contribution in [3.05, 3.63) is 12.2 Å². The van der Waals surface area contributed by atoms with Gasteiger partial charge >= 0.3 is 5.97 Å². The topological polar surface area (TPSA) is 68.3 Å². The third kappa shape index (κ3) is 4.83. The molecule has 3 fully saturated rings. The number of ether oxygens (including phenoxy) is 3. The van der Waals surface area contributed by atoms with Gasteiger partial charge in [0.2, 0.25) is 0 Å². The van der Waals surface area contributed by atoms with E-state index in [0.29, 0.717) is 30.5 Å². The lowest BCUT2D eigenvalue weighted by Gasteiger charge is -2.25. The van der Waals surface area contributed by atoms with Crippen LogP contribution in [0, 0.1) is 11.8 Å². The highest BCUT2D eigenvalue weighted by atomic mass is 16.7. The van der Waals surface area contributed by atoms with Crippen LogP contribution in [0.3, 0.4) is 0 Å². The summed E-state index contributed by atoms with van der Waals surface area (Å²) in [5, 5.41) is 8.66. The fourth-order valence-corrected chi connectivity index (χ4v) is 4.30. The molecule has 3 aliphatic heterocycles. The first-order valence-electron chi connectivity index (χ1n) is 9.97. The van der Waals surface area contributed by atoms with Gasteiger partial charge in [-0.25, -0.2) is 0 Å². The average molecular weight is 352 g/mol. The number of hydrogen-bond acceptors (Lipinski definition) is 4. The molecule has 1 N–H and O–H groups in total. The lowest BCUT2D eigenvalue weighted by Crippen LogP contribution is -2.35. The van der Waals surface area contributed by atoms with Crippen molar-refractivity contribution >= 4 is 5.97 Å². The van der Waals surface area contributed by atoms with E-state index in [4.69, 9.17) is 19.3 Å². The average Bonchev–Trinajstić information content (AvgIpc) is 3.22. The van der Waals surface area contributed by atoms with E-state index in [1.54, 1.807) is 0 Å². The predicted octanol–water partition coefficient (Wildman–Crippen LogP) is 3.57. The van der Waals surface area contributed by atoms with Crippen molar-refractivity contribution in [2.75, 3.05) is 13.2 Å². The summed E-state index contributed by atoms with van der Waals surface area (Å²) in [7, 11) is 0. The number of carbonyl (C=O) groups is 1. The monoisotopic (exact) mass is 352 g/mol. The van der Waals surface area contributed by atoms with Gasteiger partial charge < -0.3 is 19.3 Å². The van der Waals surface area contributed by atoms with Crippen LogP contribution in [0.5, 0.6) is 0 Å². The minimum Gasteiger partial charge on any atom is -0.481 e. The Morgan fingerprint density at radius 2 is 1.76 bits per heavy atom. The molecule has 0 saturated carbocycles. The van der Waals surface area contributed by atoms with E-state index in [-0.39, 0.29) is 18.6 Å². The van der Waals surface area contributed by atoms with E-state index in [2.05, 4.69) is 19.1 Å². The Labute approximate surface area is 150 Å². The van der Waals surface area contributed by atoms with E-state index in [1.807, 2.05) is 0 Å². The first-order valence-corrected chi connectivity index (χ1v) is 9.97. The van der Waals surface area contributed by atoms with Crippen LogP contribution < -0.4 is 0 Å². The van der Waals surface area contributed by atoms with E-state index >= 15 is 0 Å². The zero-order chi connectivity index (χ0) is 17.6. The van der Waals surface area contributed by atoms with E-state index in [9.17, 15) is 4.79 Å². The van der Waals surface area contributed by atoms with Crippen LogP contribution in [0.25, 0.3) is 0 Å². The molecule has 0 spiro atoms. The lowest BCUT2D eigenvalue weighted by molar-refractivity contribution is -0.137. The summed E-state index contributed by atoms with van der Waals surface area (Å²) in [6, 6.07) is 0. The SMILES string of the molecule is CCCCCCOC[C@@H]1[C@H](C/C=C\CCCC(=O)O)[C@H]2O[C@@H]1[C@H]1O[C@H]12. The molecule has 0 aromatic heterocycles. The number of carboxylic acid groups (broad SMARTS) is 1. The van der Waals surface area contributed by atoms with Crippen LogP contribution in [0.15, 0.2) is 12.2 Å². The molecule has 0 aromatic rings. The predicted molar refractivity (Wildman–Crippen MR) is 94.5 cm³/mol. The van der Waals surface area contributed by atoms with Crippen LogP contribution in [0.1, 0.15) is 58.3 Å². The maximum Gasteiger partial charge on any atom is 0.303 e. The quantitative estimate of drug-likeness (QED) is 0.312. The van der Waals surface area contributed by atoms with Crippen LogP contribution >= 0.6 is 0 Å². The highest BCUT2D eigenvalue weighted by Gasteiger charge is 2.68. The molecule has 0 amide bonds. The minimum absolute atomic E-state index is 0.219. The van der Waals surface area contributed by atoms with Gasteiger partial charge in [-0.1, -0.05) is 38.3 Å². The first-order chi connectivity index (χ1) is 12.2. The number of rotatable bonds is 13. The van der Waals surface area contributed by atoms with Crippen molar-refractivity contribution in [3.8, 4) is 0 Å². The third-order valence-corrected chi connectivity index (χ3v) is 5.71. The molecule has 2 bridgehead atoms. The summed E-state index contributed by atoms with van der Waals surface area (Å²) >= 11 is 0.